The van der Waals surface area contributed by atoms with E-state index in [-0.39, 0.29) is 18.6 Å². The van der Waals surface area contributed by atoms with E-state index in [2.05, 4.69) is 32.0 Å². The Hall–Kier alpha value is -0.860. The summed E-state index contributed by atoms with van der Waals surface area (Å²) in [7, 11) is 0. The van der Waals surface area contributed by atoms with Crippen LogP contribution in [0.4, 0.5) is 0 Å². The van der Waals surface area contributed by atoms with E-state index in [1.807, 2.05) is 0 Å². The van der Waals surface area contributed by atoms with E-state index in [1.165, 1.54) is 29.5 Å². The first-order valence-corrected chi connectivity index (χ1v) is 7.40. The molecule has 106 valence electrons. The Bertz CT molecular complexity index is 395. The van der Waals surface area contributed by atoms with Gasteiger partial charge in [0.2, 0.25) is 0 Å². The average molecular weight is 262 g/mol. The minimum absolute atomic E-state index is 0.0853. The third kappa shape index (κ3) is 2.85. The Labute approximate surface area is 116 Å². The van der Waals surface area contributed by atoms with Crippen LogP contribution >= 0.6 is 0 Å². The zero-order valence-electron chi connectivity index (χ0n) is 12.2. The lowest BCUT2D eigenvalue weighted by Gasteiger charge is -2.37. The van der Waals surface area contributed by atoms with Crippen molar-refractivity contribution in [3.63, 3.8) is 0 Å². The van der Waals surface area contributed by atoms with Crippen LogP contribution in [0.1, 0.15) is 42.4 Å². The molecule has 0 unspecified atom stereocenters. The van der Waals surface area contributed by atoms with Gasteiger partial charge in [-0.3, -0.25) is 0 Å². The molecule has 1 fully saturated rings. The molecule has 0 heterocycles. The van der Waals surface area contributed by atoms with Gasteiger partial charge in [-0.25, -0.2) is 0 Å². The van der Waals surface area contributed by atoms with Crippen molar-refractivity contribution in [2.24, 2.45) is 11.3 Å². The lowest BCUT2D eigenvalue weighted by molar-refractivity contribution is 0.00550. The number of hydrogen-bond donors (Lipinski definition) is 2. The number of aliphatic hydroxyl groups excluding tert-OH is 2. The van der Waals surface area contributed by atoms with Gasteiger partial charge in [-0.05, 0) is 55.7 Å². The molecule has 0 aliphatic heterocycles. The summed E-state index contributed by atoms with van der Waals surface area (Å²) in [6.45, 7) is 4.41. The maximum absolute atomic E-state index is 9.92. The van der Waals surface area contributed by atoms with Crippen LogP contribution in [0.2, 0.25) is 0 Å². The third-order valence-corrected chi connectivity index (χ3v) is 5.02. The first-order chi connectivity index (χ1) is 9.13. The van der Waals surface area contributed by atoms with Gasteiger partial charge in [-0.15, -0.1) is 0 Å². The maximum Gasteiger partial charge on any atom is 0.0515 e. The van der Waals surface area contributed by atoms with Crippen molar-refractivity contribution in [2.75, 3.05) is 13.2 Å². The van der Waals surface area contributed by atoms with Gasteiger partial charge in [-0.2, -0.15) is 0 Å². The van der Waals surface area contributed by atoms with E-state index in [0.717, 1.165) is 19.3 Å². The van der Waals surface area contributed by atoms with Gasteiger partial charge >= 0.3 is 0 Å². The van der Waals surface area contributed by atoms with E-state index >= 15 is 0 Å². The zero-order valence-corrected chi connectivity index (χ0v) is 12.2. The van der Waals surface area contributed by atoms with Gasteiger partial charge in [0.05, 0.1) is 13.2 Å². The summed E-state index contributed by atoms with van der Waals surface area (Å²) in [6, 6.07) is 6.32. The fourth-order valence-electron chi connectivity index (χ4n) is 3.58. The molecule has 2 N–H and O–H groups in total. The highest BCUT2D eigenvalue weighted by molar-refractivity contribution is 5.34. The van der Waals surface area contributed by atoms with Crippen molar-refractivity contribution in [1.82, 2.24) is 0 Å². The van der Waals surface area contributed by atoms with Gasteiger partial charge in [0.1, 0.15) is 0 Å². The summed E-state index contributed by atoms with van der Waals surface area (Å²) in [6.07, 6.45) is 5.56. The summed E-state index contributed by atoms with van der Waals surface area (Å²) in [5.41, 5.74) is 3.50. The van der Waals surface area contributed by atoms with Crippen molar-refractivity contribution < 1.29 is 10.2 Å². The number of benzene rings is 1. The van der Waals surface area contributed by atoms with Gasteiger partial charge in [-0.1, -0.05) is 31.0 Å². The predicted molar refractivity (Wildman–Crippen MR) is 78.2 cm³/mol. The summed E-state index contributed by atoms with van der Waals surface area (Å²) >= 11 is 0. The lowest BCUT2D eigenvalue weighted by Crippen LogP contribution is -2.39. The minimum Gasteiger partial charge on any atom is -0.396 e. The average Bonchev–Trinajstić information content (AvgIpc) is 2.94. The molecule has 0 amide bonds. The van der Waals surface area contributed by atoms with E-state index in [9.17, 15) is 10.2 Å². The molecule has 0 bridgehead atoms. The number of hydrogen-bond acceptors (Lipinski definition) is 2. The second-order valence-corrected chi connectivity index (χ2v) is 6.21. The standard InChI is InChI=1S/C17H26O2/c1-13-6-5-7-14(2)16(13)10-17(11-18,12-19)15-8-3-4-9-15/h5-7,15,18-19H,3-4,8-12H2,1-2H3. The highest BCUT2D eigenvalue weighted by Gasteiger charge is 2.39. The number of aryl methyl sites for hydroxylation is 2. The van der Waals surface area contributed by atoms with Gasteiger partial charge in [0.15, 0.2) is 0 Å². The minimum atomic E-state index is -0.340. The Morgan fingerprint density at radius 3 is 2.05 bits per heavy atom. The summed E-state index contributed by atoms with van der Waals surface area (Å²) < 4.78 is 0. The van der Waals surface area contributed by atoms with E-state index in [0.29, 0.717) is 5.92 Å². The molecule has 0 saturated heterocycles. The van der Waals surface area contributed by atoms with Crippen molar-refractivity contribution >= 4 is 0 Å². The van der Waals surface area contributed by atoms with Gasteiger partial charge in [0, 0.05) is 5.41 Å². The molecule has 0 spiro atoms. The Morgan fingerprint density at radius 1 is 1.05 bits per heavy atom. The molecule has 0 aromatic heterocycles. The SMILES string of the molecule is Cc1cccc(C)c1CC(CO)(CO)C1CCCC1. The normalized spacial score (nSPS) is 17.1. The van der Waals surface area contributed by atoms with Crippen LogP contribution in [0.3, 0.4) is 0 Å². The summed E-state index contributed by atoms with van der Waals surface area (Å²) in [4.78, 5) is 0. The summed E-state index contributed by atoms with van der Waals surface area (Å²) in [5, 5.41) is 19.8. The molecule has 1 aliphatic carbocycles. The number of aliphatic hydroxyl groups is 2. The predicted octanol–water partition coefficient (Wildman–Crippen LogP) is 3.01. The van der Waals surface area contributed by atoms with Crippen molar-refractivity contribution in [2.45, 2.75) is 46.0 Å². The number of rotatable bonds is 5. The lowest BCUT2D eigenvalue weighted by atomic mass is 9.70. The molecule has 19 heavy (non-hydrogen) atoms. The Balaban J connectivity index is 2.30. The third-order valence-electron chi connectivity index (χ3n) is 5.02. The summed E-state index contributed by atoms with van der Waals surface area (Å²) in [5.74, 6) is 0.460. The second-order valence-electron chi connectivity index (χ2n) is 6.21. The molecule has 1 aromatic rings. The van der Waals surface area contributed by atoms with Gasteiger partial charge < -0.3 is 10.2 Å². The molecule has 0 atom stereocenters. The van der Waals surface area contributed by atoms with Crippen LogP contribution in [0.5, 0.6) is 0 Å². The molecule has 1 aliphatic rings. The van der Waals surface area contributed by atoms with Crippen LogP contribution in [-0.2, 0) is 6.42 Å². The van der Waals surface area contributed by atoms with Crippen molar-refractivity contribution in [1.29, 1.82) is 0 Å². The van der Waals surface area contributed by atoms with E-state index in [1.54, 1.807) is 0 Å². The first-order valence-electron chi connectivity index (χ1n) is 7.40. The molecular formula is C17H26O2. The van der Waals surface area contributed by atoms with Crippen LogP contribution in [0.25, 0.3) is 0 Å². The second kappa shape index (κ2) is 6.06. The fourth-order valence-corrected chi connectivity index (χ4v) is 3.58. The molecule has 2 nitrogen and oxygen atoms in total. The van der Waals surface area contributed by atoms with Crippen molar-refractivity contribution in [3.05, 3.63) is 34.9 Å². The van der Waals surface area contributed by atoms with Crippen LogP contribution in [-0.4, -0.2) is 23.4 Å². The monoisotopic (exact) mass is 262 g/mol. The van der Waals surface area contributed by atoms with Crippen LogP contribution in [0.15, 0.2) is 18.2 Å². The van der Waals surface area contributed by atoms with Gasteiger partial charge in [0.25, 0.3) is 0 Å². The fraction of sp³-hybridized carbons (Fsp3) is 0.647. The molecule has 1 aromatic carbocycles. The van der Waals surface area contributed by atoms with Crippen molar-refractivity contribution in [3.8, 4) is 0 Å². The first kappa shape index (κ1) is 14.5. The quantitative estimate of drug-likeness (QED) is 0.856. The molecule has 2 heteroatoms. The molecule has 2 rings (SSSR count). The molecule has 1 saturated carbocycles. The molecule has 0 radical (unpaired) electrons. The Kier molecular flexibility index (Phi) is 4.64. The highest BCUT2D eigenvalue weighted by atomic mass is 16.3. The topological polar surface area (TPSA) is 40.5 Å². The maximum atomic E-state index is 9.92. The highest BCUT2D eigenvalue weighted by Crippen LogP contribution is 2.42. The van der Waals surface area contributed by atoms with Crippen LogP contribution < -0.4 is 0 Å². The Morgan fingerprint density at radius 2 is 1.58 bits per heavy atom. The van der Waals surface area contributed by atoms with E-state index < -0.39 is 0 Å². The molecular weight excluding hydrogens is 236 g/mol. The van der Waals surface area contributed by atoms with Crippen LogP contribution in [0, 0.1) is 25.2 Å². The largest absolute Gasteiger partial charge is 0.396 e. The smallest absolute Gasteiger partial charge is 0.0515 e. The van der Waals surface area contributed by atoms with E-state index in [4.69, 9.17) is 0 Å². The zero-order chi connectivity index (χ0) is 13.9.